The van der Waals surface area contributed by atoms with Crippen LogP contribution in [-0.4, -0.2) is 9.38 Å². The first-order valence-electron chi connectivity index (χ1n) is 5.70. The van der Waals surface area contributed by atoms with Crippen LogP contribution in [0.25, 0.3) is 16.9 Å². The number of nitrogens with zero attached hydrogens (tertiary/aromatic N) is 2. The number of fused-ring (bicyclic) bond motifs is 1. The van der Waals surface area contributed by atoms with Crippen molar-refractivity contribution in [3.63, 3.8) is 0 Å². The number of hydrogen-bond donors (Lipinski definition) is 1. The first kappa shape index (κ1) is 11.4. The predicted molar refractivity (Wildman–Crippen MR) is 76.2 cm³/mol. The zero-order chi connectivity index (χ0) is 12.5. The summed E-state index contributed by atoms with van der Waals surface area (Å²) in [4.78, 5) is 4.62. The first-order valence-corrected chi connectivity index (χ1v) is 6.49. The highest BCUT2D eigenvalue weighted by Gasteiger charge is 2.05. The van der Waals surface area contributed by atoms with Crippen molar-refractivity contribution in [1.29, 1.82) is 0 Å². The van der Waals surface area contributed by atoms with Crippen LogP contribution in [0.1, 0.15) is 5.56 Å². The Balaban J connectivity index is 2.13. The predicted octanol–water partition coefficient (Wildman–Crippen LogP) is 3.22. The fourth-order valence-electron chi connectivity index (χ4n) is 1.94. The normalized spacial score (nSPS) is 11.0. The number of hydrogen-bond acceptors (Lipinski definition) is 2. The minimum Gasteiger partial charge on any atom is -0.326 e. The van der Waals surface area contributed by atoms with Crippen LogP contribution in [0.4, 0.5) is 0 Å². The maximum absolute atomic E-state index is 5.64. The van der Waals surface area contributed by atoms with Crippen molar-refractivity contribution < 1.29 is 0 Å². The van der Waals surface area contributed by atoms with Gasteiger partial charge in [0.25, 0.3) is 0 Å². The zero-order valence-electron chi connectivity index (χ0n) is 9.68. The molecule has 2 N–H and O–H groups in total. The van der Waals surface area contributed by atoms with Crippen molar-refractivity contribution in [2.75, 3.05) is 0 Å². The van der Waals surface area contributed by atoms with E-state index in [0.717, 1.165) is 26.9 Å². The second-order valence-corrected chi connectivity index (χ2v) is 5.06. The van der Waals surface area contributed by atoms with Crippen LogP contribution in [0.5, 0.6) is 0 Å². The minimum atomic E-state index is 0.537. The van der Waals surface area contributed by atoms with E-state index >= 15 is 0 Å². The van der Waals surface area contributed by atoms with Crippen LogP contribution in [0.3, 0.4) is 0 Å². The van der Waals surface area contributed by atoms with E-state index in [1.165, 1.54) is 0 Å². The summed E-state index contributed by atoms with van der Waals surface area (Å²) in [6.07, 6.45) is 4.02. The molecule has 0 saturated heterocycles. The van der Waals surface area contributed by atoms with E-state index in [0.29, 0.717) is 6.54 Å². The van der Waals surface area contributed by atoms with Gasteiger partial charge in [0, 0.05) is 29.0 Å². The van der Waals surface area contributed by atoms with Crippen LogP contribution in [0.2, 0.25) is 0 Å². The molecule has 0 fully saturated rings. The summed E-state index contributed by atoms with van der Waals surface area (Å²) < 4.78 is 3.06. The van der Waals surface area contributed by atoms with Crippen molar-refractivity contribution >= 4 is 21.6 Å². The number of rotatable bonds is 2. The highest BCUT2D eigenvalue weighted by molar-refractivity contribution is 9.10. The molecule has 3 nitrogen and oxygen atoms in total. The molecule has 0 spiro atoms. The second kappa shape index (κ2) is 4.55. The van der Waals surface area contributed by atoms with Gasteiger partial charge < -0.3 is 10.1 Å². The summed E-state index contributed by atoms with van der Waals surface area (Å²) in [5.74, 6) is 0. The molecule has 18 heavy (non-hydrogen) atoms. The lowest BCUT2D eigenvalue weighted by Crippen LogP contribution is -1.96. The standard InChI is InChI=1S/C14H12BrN3/c15-12-3-1-2-11(7-12)13-9-18-5-4-10(8-16)6-14(18)17-13/h1-7,9H,8,16H2. The van der Waals surface area contributed by atoms with Crippen molar-refractivity contribution in [2.24, 2.45) is 5.73 Å². The average molecular weight is 302 g/mol. The Morgan fingerprint density at radius 1 is 1.22 bits per heavy atom. The third kappa shape index (κ3) is 2.05. The molecule has 2 heterocycles. The van der Waals surface area contributed by atoms with Gasteiger partial charge >= 0.3 is 0 Å². The second-order valence-electron chi connectivity index (χ2n) is 4.14. The molecular formula is C14H12BrN3. The van der Waals surface area contributed by atoms with Crippen molar-refractivity contribution in [2.45, 2.75) is 6.54 Å². The molecule has 1 aromatic carbocycles. The highest BCUT2D eigenvalue weighted by Crippen LogP contribution is 2.22. The van der Waals surface area contributed by atoms with Crippen LogP contribution < -0.4 is 5.73 Å². The lowest BCUT2D eigenvalue weighted by molar-refractivity contribution is 1.05. The zero-order valence-corrected chi connectivity index (χ0v) is 11.3. The number of benzene rings is 1. The molecule has 3 rings (SSSR count). The monoisotopic (exact) mass is 301 g/mol. The molecule has 0 atom stereocenters. The number of halogens is 1. The summed E-state index contributed by atoms with van der Waals surface area (Å²) in [7, 11) is 0. The summed E-state index contributed by atoms with van der Waals surface area (Å²) >= 11 is 3.47. The van der Waals surface area contributed by atoms with Gasteiger partial charge in [-0.05, 0) is 29.8 Å². The smallest absolute Gasteiger partial charge is 0.137 e. The Bertz CT molecular complexity index is 703. The number of nitrogens with two attached hydrogens (primary N) is 1. The Kier molecular flexibility index (Phi) is 2.89. The number of imidazole rings is 1. The van der Waals surface area contributed by atoms with Crippen molar-refractivity contribution in [1.82, 2.24) is 9.38 Å². The first-order chi connectivity index (χ1) is 8.76. The number of pyridine rings is 1. The van der Waals surface area contributed by atoms with Gasteiger partial charge in [0.05, 0.1) is 5.69 Å². The molecule has 4 heteroatoms. The fraction of sp³-hybridized carbons (Fsp3) is 0.0714. The van der Waals surface area contributed by atoms with Gasteiger partial charge in [-0.2, -0.15) is 0 Å². The van der Waals surface area contributed by atoms with E-state index in [-0.39, 0.29) is 0 Å². The Hall–Kier alpha value is -1.65. The summed E-state index contributed by atoms with van der Waals surface area (Å²) in [6.45, 7) is 0.537. The van der Waals surface area contributed by atoms with Crippen LogP contribution in [0, 0.1) is 0 Å². The Morgan fingerprint density at radius 3 is 2.89 bits per heavy atom. The minimum absolute atomic E-state index is 0.537. The molecule has 0 saturated carbocycles. The van der Waals surface area contributed by atoms with E-state index < -0.39 is 0 Å². The molecule has 0 amide bonds. The molecular weight excluding hydrogens is 290 g/mol. The summed E-state index contributed by atoms with van der Waals surface area (Å²) in [6, 6.07) is 12.2. The van der Waals surface area contributed by atoms with Gasteiger partial charge in [0.1, 0.15) is 5.65 Å². The molecule has 3 aromatic rings. The van der Waals surface area contributed by atoms with Crippen molar-refractivity contribution in [3.05, 3.63) is 58.8 Å². The lowest BCUT2D eigenvalue weighted by atomic mass is 10.2. The molecule has 0 aliphatic rings. The maximum Gasteiger partial charge on any atom is 0.137 e. The molecule has 0 aliphatic heterocycles. The molecule has 0 unspecified atom stereocenters. The van der Waals surface area contributed by atoms with E-state index in [2.05, 4.69) is 33.0 Å². The molecule has 2 aromatic heterocycles. The third-order valence-corrected chi connectivity index (χ3v) is 3.37. The Morgan fingerprint density at radius 2 is 2.11 bits per heavy atom. The Labute approximate surface area is 113 Å². The largest absolute Gasteiger partial charge is 0.326 e. The van der Waals surface area contributed by atoms with Gasteiger partial charge in [0.2, 0.25) is 0 Å². The van der Waals surface area contributed by atoms with E-state index in [4.69, 9.17) is 5.73 Å². The van der Waals surface area contributed by atoms with Gasteiger partial charge in [-0.3, -0.25) is 0 Å². The van der Waals surface area contributed by atoms with Gasteiger partial charge in [-0.25, -0.2) is 4.98 Å². The highest BCUT2D eigenvalue weighted by atomic mass is 79.9. The van der Waals surface area contributed by atoms with Gasteiger partial charge in [0.15, 0.2) is 0 Å². The van der Waals surface area contributed by atoms with Gasteiger partial charge in [-0.15, -0.1) is 0 Å². The number of aromatic nitrogens is 2. The average Bonchev–Trinajstić information content (AvgIpc) is 2.81. The SMILES string of the molecule is NCc1ccn2cc(-c3cccc(Br)c3)nc2c1. The molecule has 90 valence electrons. The van der Waals surface area contributed by atoms with E-state index in [1.807, 2.05) is 41.1 Å². The molecule has 0 radical (unpaired) electrons. The van der Waals surface area contributed by atoms with Gasteiger partial charge in [-0.1, -0.05) is 28.1 Å². The maximum atomic E-state index is 5.64. The summed E-state index contributed by atoms with van der Waals surface area (Å²) in [5.41, 5.74) is 9.71. The topological polar surface area (TPSA) is 43.3 Å². The van der Waals surface area contributed by atoms with Crippen molar-refractivity contribution in [3.8, 4) is 11.3 Å². The molecule has 0 aliphatic carbocycles. The fourth-order valence-corrected chi connectivity index (χ4v) is 2.34. The quantitative estimate of drug-likeness (QED) is 0.790. The molecule has 0 bridgehead atoms. The third-order valence-electron chi connectivity index (χ3n) is 2.88. The van der Waals surface area contributed by atoms with Crippen LogP contribution >= 0.6 is 15.9 Å². The lowest BCUT2D eigenvalue weighted by Gasteiger charge is -1.96. The van der Waals surface area contributed by atoms with E-state index in [9.17, 15) is 0 Å². The van der Waals surface area contributed by atoms with Crippen LogP contribution in [0.15, 0.2) is 53.3 Å². The van der Waals surface area contributed by atoms with E-state index in [1.54, 1.807) is 0 Å². The van der Waals surface area contributed by atoms with Crippen LogP contribution in [-0.2, 0) is 6.54 Å². The summed E-state index contributed by atoms with van der Waals surface area (Å²) in [5, 5.41) is 0.